The van der Waals surface area contributed by atoms with E-state index >= 15 is 0 Å². The van der Waals surface area contributed by atoms with Crippen molar-refractivity contribution < 1.29 is 14.7 Å². The van der Waals surface area contributed by atoms with Crippen molar-refractivity contribution in [3.05, 3.63) is 41.7 Å². The van der Waals surface area contributed by atoms with Gasteiger partial charge in [-0.05, 0) is 26.0 Å². The van der Waals surface area contributed by atoms with Crippen molar-refractivity contribution in [2.24, 2.45) is 0 Å². The Labute approximate surface area is 121 Å². The summed E-state index contributed by atoms with van der Waals surface area (Å²) < 4.78 is 1.34. The van der Waals surface area contributed by atoms with Crippen molar-refractivity contribution in [1.29, 1.82) is 0 Å². The minimum Gasteiger partial charge on any atom is -0.387 e. The molecular weight excluding hydrogens is 272 g/mol. The van der Waals surface area contributed by atoms with E-state index in [9.17, 15) is 14.7 Å². The maximum Gasteiger partial charge on any atom is 0.246 e. The maximum absolute atomic E-state index is 11.9. The quantitative estimate of drug-likeness (QED) is 0.805. The third-order valence-corrected chi connectivity index (χ3v) is 2.84. The van der Waals surface area contributed by atoms with Crippen LogP contribution >= 0.6 is 0 Å². The summed E-state index contributed by atoms with van der Waals surface area (Å²) >= 11 is 0. The van der Waals surface area contributed by atoms with Gasteiger partial charge in [0.1, 0.15) is 12.2 Å². The average molecular weight is 288 g/mol. The summed E-state index contributed by atoms with van der Waals surface area (Å²) in [5.74, 6) is -0.360. The molecule has 0 aliphatic heterocycles. The minimum atomic E-state index is -0.728. The van der Waals surface area contributed by atoms with E-state index in [-0.39, 0.29) is 18.2 Å². The van der Waals surface area contributed by atoms with E-state index in [2.05, 4.69) is 15.6 Å². The zero-order chi connectivity index (χ0) is 15.4. The first kappa shape index (κ1) is 14.9. The number of aromatic nitrogens is 3. The van der Waals surface area contributed by atoms with Crippen molar-refractivity contribution in [3.8, 4) is 0 Å². The fourth-order valence-electron chi connectivity index (χ4n) is 1.75. The molecule has 0 radical (unpaired) electrons. The molecule has 0 saturated heterocycles. The van der Waals surface area contributed by atoms with Crippen molar-refractivity contribution in [3.63, 3.8) is 0 Å². The monoisotopic (exact) mass is 288 g/mol. The van der Waals surface area contributed by atoms with Crippen LogP contribution in [0.25, 0.3) is 0 Å². The summed E-state index contributed by atoms with van der Waals surface area (Å²) in [6.07, 6.45) is 0.782. The molecule has 1 aromatic carbocycles. The number of rotatable bonds is 5. The third kappa shape index (κ3) is 3.96. The molecule has 110 valence electrons. The Balaban J connectivity index is 2.01. The molecule has 0 spiro atoms. The lowest BCUT2D eigenvalue weighted by Crippen LogP contribution is -2.19. The molecule has 0 aliphatic rings. The summed E-state index contributed by atoms with van der Waals surface area (Å²) in [7, 11) is 0. The molecule has 0 bridgehead atoms. The van der Waals surface area contributed by atoms with Crippen LogP contribution in [0.1, 0.15) is 36.0 Å². The lowest BCUT2D eigenvalue weighted by molar-refractivity contribution is -0.116. The van der Waals surface area contributed by atoms with Gasteiger partial charge in [0.2, 0.25) is 5.91 Å². The molecule has 1 amide bonds. The van der Waals surface area contributed by atoms with Gasteiger partial charge >= 0.3 is 0 Å². The van der Waals surface area contributed by atoms with Crippen LogP contribution in [0, 0.1) is 0 Å². The van der Waals surface area contributed by atoms with Crippen LogP contribution in [0.2, 0.25) is 0 Å². The van der Waals surface area contributed by atoms with Crippen LogP contribution in [-0.2, 0) is 11.3 Å². The molecule has 2 N–H and O–H groups in total. The van der Waals surface area contributed by atoms with Gasteiger partial charge in [0.15, 0.2) is 5.78 Å². The summed E-state index contributed by atoms with van der Waals surface area (Å²) in [6, 6.07) is 6.70. The van der Waals surface area contributed by atoms with E-state index in [0.29, 0.717) is 16.9 Å². The first-order chi connectivity index (χ1) is 9.95. The van der Waals surface area contributed by atoms with E-state index in [1.165, 1.54) is 17.8 Å². The molecule has 0 fully saturated rings. The molecule has 7 nitrogen and oxygen atoms in total. The standard InChI is InChI=1S/C14H16N4O3/c1-9(19)11-4-3-5-12(6-11)15-14(21)8-18-7-13(10(2)20)16-17-18/h3-7,10,20H,8H2,1-2H3,(H,15,21). The highest BCUT2D eigenvalue weighted by molar-refractivity contribution is 5.97. The second kappa shape index (κ2) is 6.27. The van der Waals surface area contributed by atoms with E-state index < -0.39 is 6.10 Å². The highest BCUT2D eigenvalue weighted by Crippen LogP contribution is 2.11. The van der Waals surface area contributed by atoms with Gasteiger partial charge in [0.25, 0.3) is 0 Å². The highest BCUT2D eigenvalue weighted by atomic mass is 16.3. The van der Waals surface area contributed by atoms with E-state index in [4.69, 9.17) is 0 Å². The number of anilines is 1. The third-order valence-electron chi connectivity index (χ3n) is 2.84. The van der Waals surface area contributed by atoms with E-state index in [0.717, 1.165) is 0 Å². The number of nitrogens with zero attached hydrogens (tertiary/aromatic N) is 3. The largest absolute Gasteiger partial charge is 0.387 e. The Hall–Kier alpha value is -2.54. The number of Topliss-reactive ketones (excluding diaryl/α,β-unsaturated/α-hetero) is 1. The Morgan fingerprint density at radius 1 is 1.43 bits per heavy atom. The number of aliphatic hydroxyl groups excluding tert-OH is 1. The first-order valence-corrected chi connectivity index (χ1v) is 6.44. The highest BCUT2D eigenvalue weighted by Gasteiger charge is 2.10. The SMILES string of the molecule is CC(=O)c1cccc(NC(=O)Cn2cc(C(C)O)nn2)c1. The van der Waals surface area contributed by atoms with Crippen LogP contribution in [0.5, 0.6) is 0 Å². The number of benzene rings is 1. The number of aliphatic hydroxyl groups is 1. The Kier molecular flexibility index (Phi) is 4.44. The molecule has 1 atom stereocenters. The van der Waals surface area contributed by atoms with E-state index in [1.807, 2.05) is 0 Å². The van der Waals surface area contributed by atoms with Gasteiger partial charge in [0, 0.05) is 11.3 Å². The number of hydrogen-bond donors (Lipinski definition) is 2. The first-order valence-electron chi connectivity index (χ1n) is 6.44. The minimum absolute atomic E-state index is 0.0238. The fourth-order valence-corrected chi connectivity index (χ4v) is 1.75. The van der Waals surface area contributed by atoms with Crippen molar-refractivity contribution in [2.45, 2.75) is 26.5 Å². The molecule has 0 aliphatic carbocycles. The Bertz CT molecular complexity index is 664. The Morgan fingerprint density at radius 3 is 2.81 bits per heavy atom. The van der Waals surface area contributed by atoms with Crippen LogP contribution in [0.4, 0.5) is 5.69 Å². The number of ketones is 1. The van der Waals surface area contributed by atoms with Crippen molar-refractivity contribution in [2.75, 3.05) is 5.32 Å². The topological polar surface area (TPSA) is 97.1 Å². The number of amides is 1. The molecule has 2 rings (SSSR count). The zero-order valence-corrected chi connectivity index (χ0v) is 11.8. The predicted molar refractivity (Wildman–Crippen MR) is 75.7 cm³/mol. The number of carbonyl (C=O) groups is 2. The molecule has 1 unspecified atom stereocenters. The van der Waals surface area contributed by atoms with Crippen molar-refractivity contribution in [1.82, 2.24) is 15.0 Å². The Morgan fingerprint density at radius 2 is 2.19 bits per heavy atom. The summed E-state index contributed by atoms with van der Waals surface area (Å²) in [5.41, 5.74) is 1.48. The predicted octanol–water partition coefficient (Wildman–Crippen LogP) is 1.17. The molecule has 7 heteroatoms. The summed E-state index contributed by atoms with van der Waals surface area (Å²) in [6.45, 7) is 3.01. The summed E-state index contributed by atoms with van der Waals surface area (Å²) in [4.78, 5) is 23.2. The number of carbonyl (C=O) groups excluding carboxylic acids is 2. The van der Waals surface area contributed by atoms with Crippen LogP contribution < -0.4 is 5.32 Å². The molecule has 2 aromatic rings. The number of hydrogen-bond acceptors (Lipinski definition) is 5. The van der Waals surface area contributed by atoms with Gasteiger partial charge in [-0.15, -0.1) is 5.10 Å². The van der Waals surface area contributed by atoms with Gasteiger partial charge in [0.05, 0.1) is 12.3 Å². The second-order valence-corrected chi connectivity index (χ2v) is 4.70. The van der Waals surface area contributed by atoms with Gasteiger partial charge in [-0.1, -0.05) is 17.3 Å². The fraction of sp³-hybridized carbons (Fsp3) is 0.286. The normalized spacial score (nSPS) is 12.0. The summed E-state index contributed by atoms with van der Waals surface area (Å²) in [5, 5.41) is 19.5. The number of nitrogens with one attached hydrogen (secondary N) is 1. The van der Waals surface area contributed by atoms with Gasteiger partial charge in [-0.3, -0.25) is 9.59 Å². The van der Waals surface area contributed by atoms with E-state index in [1.54, 1.807) is 31.2 Å². The molecule has 21 heavy (non-hydrogen) atoms. The molecule has 0 saturated carbocycles. The molecular formula is C14H16N4O3. The van der Waals surface area contributed by atoms with Gasteiger partial charge in [-0.2, -0.15) is 0 Å². The van der Waals surface area contributed by atoms with Gasteiger partial charge in [-0.25, -0.2) is 4.68 Å². The zero-order valence-electron chi connectivity index (χ0n) is 11.8. The lowest BCUT2D eigenvalue weighted by Gasteiger charge is -2.06. The molecule has 1 heterocycles. The smallest absolute Gasteiger partial charge is 0.246 e. The molecule has 1 aromatic heterocycles. The van der Waals surface area contributed by atoms with Crippen molar-refractivity contribution >= 4 is 17.4 Å². The average Bonchev–Trinajstić information content (AvgIpc) is 2.87. The van der Waals surface area contributed by atoms with Crippen LogP contribution in [0.15, 0.2) is 30.5 Å². The van der Waals surface area contributed by atoms with Crippen LogP contribution in [0.3, 0.4) is 0 Å². The second-order valence-electron chi connectivity index (χ2n) is 4.70. The van der Waals surface area contributed by atoms with Crippen LogP contribution in [-0.4, -0.2) is 31.8 Å². The van der Waals surface area contributed by atoms with Gasteiger partial charge < -0.3 is 10.4 Å². The lowest BCUT2D eigenvalue weighted by atomic mass is 10.1. The maximum atomic E-state index is 11.9.